The summed E-state index contributed by atoms with van der Waals surface area (Å²) < 4.78 is 47.3. The van der Waals surface area contributed by atoms with Gasteiger partial charge in [0.2, 0.25) is 0 Å². The first kappa shape index (κ1) is 68.3. The molecule has 16 nitrogen and oxygen atoms in total. The molecule has 20 heteroatoms. The van der Waals surface area contributed by atoms with Gasteiger partial charge in [0.25, 0.3) is 0 Å². The molecule has 10 aliphatic rings. The van der Waals surface area contributed by atoms with Gasteiger partial charge >= 0.3 is 37.9 Å². The summed E-state index contributed by atoms with van der Waals surface area (Å²) in [6.45, 7) is 32.1. The molecule has 3 N–H and O–H groups in total. The molecule has 0 aromatic heterocycles. The van der Waals surface area contributed by atoms with E-state index in [4.69, 9.17) is 54.9 Å². The van der Waals surface area contributed by atoms with Gasteiger partial charge in [0.1, 0.15) is 11.2 Å². The molecule has 4 bridgehead atoms. The topological polar surface area (TPSA) is 187 Å². The first-order valence-electron chi connectivity index (χ1n) is 30.1. The Morgan fingerprint density at radius 2 is 1.07 bits per heavy atom. The van der Waals surface area contributed by atoms with Crippen LogP contribution in [0.4, 0.5) is 19.2 Å². The molecule has 4 heterocycles. The van der Waals surface area contributed by atoms with Crippen molar-refractivity contribution in [3.05, 3.63) is 70.8 Å². The van der Waals surface area contributed by atoms with Gasteiger partial charge in [0.15, 0.2) is 0 Å². The molecule has 83 heavy (non-hydrogen) atoms. The quantitative estimate of drug-likeness (QED) is 0.123. The number of nitrogens with two attached hydrogens (primary N) is 1. The number of carbonyl (C=O) groups is 4. The number of halogens is 2. The number of hydrogen-bond donors (Lipinski definition) is 2. The Kier molecular flexibility index (Phi) is 22.3. The monoisotopic (exact) mass is 1200 g/mol. The van der Waals surface area contributed by atoms with Gasteiger partial charge in [-0.3, -0.25) is 0 Å². The molecule has 3 amide bonds. The predicted octanol–water partition coefficient (Wildman–Crippen LogP) is 12.7. The summed E-state index contributed by atoms with van der Waals surface area (Å²) in [5.41, 5.74) is 9.53. The number of nitrogens with one attached hydrogen (secondary N) is 1. The summed E-state index contributed by atoms with van der Waals surface area (Å²) >= 11 is 5.12. The molecule has 6 aliphatic carbocycles. The zero-order valence-electron chi connectivity index (χ0n) is 51.5. The number of ether oxygens (including phenoxy) is 4. The highest BCUT2D eigenvalue weighted by Crippen LogP contribution is 2.67. The van der Waals surface area contributed by atoms with Crippen molar-refractivity contribution >= 4 is 62.0 Å². The van der Waals surface area contributed by atoms with Crippen LogP contribution in [0.1, 0.15) is 164 Å². The van der Waals surface area contributed by atoms with E-state index in [9.17, 15) is 19.2 Å². The summed E-state index contributed by atoms with van der Waals surface area (Å²) in [4.78, 5) is 51.4. The fraction of sp³-hybridized carbons (Fsp3) is 0.746. The number of alkyl carbamates (subject to hydrolysis) is 1. The van der Waals surface area contributed by atoms with Crippen LogP contribution in [0.5, 0.6) is 0 Å². The maximum atomic E-state index is 13.1. The largest absolute Gasteiger partial charge is 0.482 e. The first-order chi connectivity index (χ1) is 37.8. The molecule has 4 saturated heterocycles. The highest BCUT2D eigenvalue weighted by atomic mass is 35.5. The van der Waals surface area contributed by atoms with Crippen LogP contribution >= 0.6 is 24.0 Å². The van der Waals surface area contributed by atoms with Gasteiger partial charge in [-0.05, 0) is 179 Å². The van der Waals surface area contributed by atoms with E-state index in [-0.39, 0.29) is 105 Å². The van der Waals surface area contributed by atoms with Crippen molar-refractivity contribution in [1.29, 1.82) is 0 Å². The van der Waals surface area contributed by atoms with E-state index in [1.165, 1.54) is 29.5 Å². The van der Waals surface area contributed by atoms with E-state index in [2.05, 4.69) is 109 Å². The highest BCUT2D eigenvalue weighted by molar-refractivity contribution is 6.61. The van der Waals surface area contributed by atoms with Crippen LogP contribution in [0.2, 0.25) is 0 Å². The Morgan fingerprint density at radius 3 is 1.49 bits per heavy atom. The molecule has 464 valence electrons. The summed E-state index contributed by atoms with van der Waals surface area (Å²) in [5.74, 6) is 2.17. The second-order valence-electron chi connectivity index (χ2n) is 28.5. The summed E-state index contributed by atoms with van der Waals surface area (Å²) in [7, 11) is -0.821. The van der Waals surface area contributed by atoms with Crippen molar-refractivity contribution < 1.29 is 56.7 Å². The summed E-state index contributed by atoms with van der Waals surface area (Å²) in [6.07, 6.45) is 8.64. The van der Waals surface area contributed by atoms with E-state index in [1.807, 2.05) is 41.5 Å². The van der Waals surface area contributed by atoms with Crippen LogP contribution in [0.25, 0.3) is 0 Å². The summed E-state index contributed by atoms with van der Waals surface area (Å²) in [5, 5.41) is 3.09. The molecule has 0 unspecified atom stereocenters. The minimum atomic E-state index is -0.801. The van der Waals surface area contributed by atoms with Crippen LogP contribution in [0.3, 0.4) is 0 Å². The normalized spacial score (nSPS) is 30.4. The van der Waals surface area contributed by atoms with Crippen LogP contribution in [0, 0.1) is 60.2 Å². The van der Waals surface area contributed by atoms with E-state index < -0.39 is 29.8 Å². The van der Waals surface area contributed by atoms with Crippen LogP contribution in [-0.2, 0) is 50.4 Å². The number of nitrogens with zero attached hydrogens (tertiary/aromatic N) is 2. The average Bonchev–Trinajstić information content (AvgIpc) is 1.73. The molecule has 2 aromatic rings. The fourth-order valence-corrected chi connectivity index (χ4v) is 14.5. The first-order valence-corrected chi connectivity index (χ1v) is 30.5. The maximum Gasteiger partial charge on any atom is 0.482 e. The third-order valence-corrected chi connectivity index (χ3v) is 19.4. The number of likely N-dealkylation sites (tertiary alicyclic amines) is 2. The van der Waals surface area contributed by atoms with Gasteiger partial charge in [0.05, 0.1) is 42.6 Å². The lowest BCUT2D eigenvalue weighted by molar-refractivity contribution is -0.199. The highest BCUT2D eigenvalue weighted by Gasteiger charge is 2.70. The Labute approximate surface area is 508 Å². The van der Waals surface area contributed by atoms with E-state index in [0.29, 0.717) is 55.8 Å². The van der Waals surface area contributed by atoms with Crippen molar-refractivity contribution in [1.82, 2.24) is 15.1 Å². The Bertz CT molecular complexity index is 2520. The maximum absolute atomic E-state index is 13.1. The van der Waals surface area contributed by atoms with Crippen molar-refractivity contribution in [3.63, 3.8) is 0 Å². The molecular formula is C63H100B2Cl2N4O12. The molecule has 2 aromatic carbocycles. The zero-order valence-corrected chi connectivity index (χ0v) is 53.1. The number of hydrogen-bond acceptors (Lipinski definition) is 13. The molecule has 12 rings (SSSR count). The number of amides is 3. The molecule has 4 aliphatic heterocycles. The SMILES string of the molecule is C.CC(C)(C)OC(=O)N1CCC[C@H](COC(=O)Cl)C1.Cc1ccc(C[C@H](N)B2O[C@@H]3C[C@@H]4C[C@@H](C4(C)C)[C@]3(C)O2)cc1.Cc1ccc(C[C@H](NC(=O)OC[C@H]2CCCN(C(=O)OC(C)(C)C)C2)B2O[C@@H]3C[C@@H]4C[C@@H](C4(C)C)[C@]3(C)O2)cc1.Cl. The number of carbonyl (C=O) groups excluding carboxylic acids is 4. The molecule has 10 fully saturated rings. The minimum absolute atomic E-state index is 0. The van der Waals surface area contributed by atoms with Gasteiger partial charge < -0.3 is 58.4 Å². The third-order valence-electron chi connectivity index (χ3n) is 19.3. The minimum Gasteiger partial charge on any atom is -0.453 e. The van der Waals surface area contributed by atoms with Crippen LogP contribution in [-0.4, -0.2) is 134 Å². The van der Waals surface area contributed by atoms with E-state index in [0.717, 1.165) is 56.4 Å². The van der Waals surface area contributed by atoms with Crippen molar-refractivity contribution in [2.45, 2.75) is 215 Å². The van der Waals surface area contributed by atoms with Gasteiger partial charge in [0, 0.05) is 55.6 Å². The lowest BCUT2D eigenvalue weighted by atomic mass is 9.43. The smallest absolute Gasteiger partial charge is 0.453 e. The number of aryl methyl sites for hydroxylation is 2. The van der Waals surface area contributed by atoms with Gasteiger partial charge in [-0.2, -0.15) is 0 Å². The Hall–Kier alpha value is -3.77. The van der Waals surface area contributed by atoms with Gasteiger partial charge in [-0.25, -0.2) is 19.2 Å². The Morgan fingerprint density at radius 1 is 0.663 bits per heavy atom. The predicted molar refractivity (Wildman–Crippen MR) is 328 cm³/mol. The van der Waals surface area contributed by atoms with Crippen LogP contribution < -0.4 is 11.1 Å². The molecule has 0 spiro atoms. The van der Waals surface area contributed by atoms with Crippen LogP contribution in [0.15, 0.2) is 48.5 Å². The number of piperidine rings is 2. The second kappa shape index (κ2) is 27.1. The molecule has 6 saturated carbocycles. The zero-order chi connectivity index (χ0) is 59.0. The Balaban J connectivity index is 0.000000218. The molecular weight excluding hydrogens is 1100 g/mol. The number of benzene rings is 2. The van der Waals surface area contributed by atoms with Crippen molar-refractivity contribution in [2.75, 3.05) is 39.4 Å². The van der Waals surface area contributed by atoms with E-state index >= 15 is 0 Å². The number of rotatable bonds is 11. The average molecular weight is 1200 g/mol. The standard InChI is InChI=1S/C31H47BN2O6.C19H28BNO2.C12H20ClNO4.CH4.ClH/c1-20-10-12-21(13-11-20)15-26(32-39-25-17-23-16-24(30(23,5)6)31(25,7)40-32)33-27(35)37-19-22-9-8-14-34(18-22)28(36)38-29(2,3)4;1-12-5-7-13(8-6-12)9-17(21)20-22-16-11-14-10-15(18(14,2)3)19(16,4)23-20;1-12(2,3)18-11(16)14-6-4-5-9(7-14)8-17-10(13)15;;/h10-13,22-26H,8-9,14-19H2,1-7H3,(H,33,35);5-8,14-17H,9-11,21H2,1-4H3;9H,4-8H2,1-3H3;1H4;1H/t22-,23-,24-,25+,26-,31-;14-,15-,16+,17-,19-;9-;;/m000../s1. The van der Waals surface area contributed by atoms with Crippen molar-refractivity contribution in [2.24, 2.45) is 52.1 Å². The van der Waals surface area contributed by atoms with Crippen molar-refractivity contribution in [3.8, 4) is 0 Å². The fourth-order valence-electron chi connectivity index (χ4n) is 14.4. The summed E-state index contributed by atoms with van der Waals surface area (Å²) in [6, 6.07) is 16.9. The van der Waals surface area contributed by atoms with Gasteiger partial charge in [-0.1, -0.05) is 94.8 Å². The van der Waals surface area contributed by atoms with Gasteiger partial charge in [-0.15, -0.1) is 12.4 Å². The lowest BCUT2D eigenvalue weighted by Gasteiger charge is -2.64. The lowest BCUT2D eigenvalue weighted by Crippen LogP contribution is -2.65. The molecule has 12 atom stereocenters. The van der Waals surface area contributed by atoms with E-state index in [1.54, 1.807) is 9.80 Å². The third kappa shape index (κ3) is 16.5. The second-order valence-corrected chi connectivity index (χ2v) is 28.8. The molecule has 0 radical (unpaired) electrons.